The lowest BCUT2D eigenvalue weighted by Crippen LogP contribution is -2.62. The van der Waals surface area contributed by atoms with Crippen LogP contribution >= 0.6 is 0 Å². The van der Waals surface area contributed by atoms with E-state index in [9.17, 15) is 14.4 Å². The summed E-state index contributed by atoms with van der Waals surface area (Å²) in [5.74, 6) is 0.0924. The molecule has 0 bridgehead atoms. The standard InChI is InChI=1S/C25H27N3O3/c1-25-15-14-23(30)28(25)21-12-5-3-10-19(21)24(31)27(25)17-7-13-22(29)26-16-6-9-18-8-2-4-11-20(18)26/h2-5,8,10-12H,6-7,9,13-17H2,1H3/t25-/m1/s1. The minimum Gasteiger partial charge on any atom is -0.315 e. The molecule has 2 aromatic carbocycles. The minimum absolute atomic E-state index is 0.0495. The molecular weight excluding hydrogens is 390 g/mol. The number of hydrogen-bond donors (Lipinski definition) is 0. The zero-order valence-corrected chi connectivity index (χ0v) is 17.8. The first kappa shape index (κ1) is 19.8. The van der Waals surface area contributed by atoms with Crippen molar-refractivity contribution in [2.75, 3.05) is 22.9 Å². The van der Waals surface area contributed by atoms with E-state index in [1.165, 1.54) is 5.56 Å². The minimum atomic E-state index is -0.663. The molecule has 0 aliphatic carbocycles. The Labute approximate surface area is 182 Å². The predicted molar refractivity (Wildman–Crippen MR) is 119 cm³/mol. The fourth-order valence-electron chi connectivity index (χ4n) is 5.36. The number of fused-ring (bicyclic) bond motifs is 4. The van der Waals surface area contributed by atoms with E-state index in [2.05, 4.69) is 6.07 Å². The van der Waals surface area contributed by atoms with Crippen LogP contribution in [0.1, 0.15) is 54.9 Å². The molecule has 0 aromatic heterocycles. The van der Waals surface area contributed by atoms with Gasteiger partial charge >= 0.3 is 0 Å². The largest absolute Gasteiger partial charge is 0.315 e. The van der Waals surface area contributed by atoms with Crippen LogP contribution in [0.15, 0.2) is 48.5 Å². The van der Waals surface area contributed by atoms with Gasteiger partial charge in [0.25, 0.3) is 5.91 Å². The number of anilines is 2. The second kappa shape index (κ2) is 7.52. The first-order valence-electron chi connectivity index (χ1n) is 11.1. The molecule has 3 aliphatic rings. The predicted octanol–water partition coefficient (Wildman–Crippen LogP) is 3.75. The van der Waals surface area contributed by atoms with Crippen molar-refractivity contribution >= 4 is 29.1 Å². The molecule has 3 amide bonds. The summed E-state index contributed by atoms with van der Waals surface area (Å²) < 4.78 is 0. The van der Waals surface area contributed by atoms with E-state index >= 15 is 0 Å². The van der Waals surface area contributed by atoms with Crippen molar-refractivity contribution in [3.05, 3.63) is 59.7 Å². The van der Waals surface area contributed by atoms with Crippen LogP contribution in [0.2, 0.25) is 0 Å². The lowest BCUT2D eigenvalue weighted by atomic mass is 9.97. The molecule has 0 N–H and O–H groups in total. The lowest BCUT2D eigenvalue weighted by molar-refractivity contribution is -0.119. The maximum Gasteiger partial charge on any atom is 0.257 e. The van der Waals surface area contributed by atoms with Gasteiger partial charge in [0.1, 0.15) is 5.66 Å². The van der Waals surface area contributed by atoms with Gasteiger partial charge < -0.3 is 9.80 Å². The lowest BCUT2D eigenvalue weighted by Gasteiger charge is -2.48. The van der Waals surface area contributed by atoms with Gasteiger partial charge in [-0.3, -0.25) is 19.3 Å². The smallest absolute Gasteiger partial charge is 0.257 e. The van der Waals surface area contributed by atoms with Crippen molar-refractivity contribution < 1.29 is 14.4 Å². The van der Waals surface area contributed by atoms with E-state index < -0.39 is 5.66 Å². The van der Waals surface area contributed by atoms with Crippen molar-refractivity contribution in [1.82, 2.24) is 4.90 Å². The van der Waals surface area contributed by atoms with Crippen LogP contribution in [-0.4, -0.2) is 41.4 Å². The number of nitrogens with zero attached hydrogens (tertiary/aromatic N) is 3. The van der Waals surface area contributed by atoms with Crippen molar-refractivity contribution in [3.8, 4) is 0 Å². The molecule has 1 atom stereocenters. The van der Waals surface area contributed by atoms with Crippen molar-refractivity contribution in [2.45, 2.75) is 51.1 Å². The Morgan fingerprint density at radius 3 is 2.58 bits per heavy atom. The van der Waals surface area contributed by atoms with Gasteiger partial charge in [0.2, 0.25) is 11.8 Å². The Hall–Kier alpha value is -3.15. The summed E-state index contributed by atoms with van der Waals surface area (Å²) in [5, 5.41) is 0. The van der Waals surface area contributed by atoms with Crippen LogP contribution in [0.25, 0.3) is 0 Å². The van der Waals surface area contributed by atoms with Gasteiger partial charge in [0.15, 0.2) is 0 Å². The summed E-state index contributed by atoms with van der Waals surface area (Å²) in [5.41, 5.74) is 2.84. The average Bonchev–Trinajstić information content (AvgIpc) is 3.10. The fourth-order valence-corrected chi connectivity index (χ4v) is 5.36. The molecule has 1 saturated heterocycles. The van der Waals surface area contributed by atoms with Crippen LogP contribution in [-0.2, 0) is 16.0 Å². The van der Waals surface area contributed by atoms with Crippen LogP contribution in [0.3, 0.4) is 0 Å². The van der Waals surface area contributed by atoms with E-state index in [1.54, 1.807) is 15.9 Å². The van der Waals surface area contributed by atoms with Crippen LogP contribution in [0.4, 0.5) is 11.4 Å². The quantitative estimate of drug-likeness (QED) is 0.761. The Morgan fingerprint density at radius 2 is 1.74 bits per heavy atom. The first-order valence-corrected chi connectivity index (χ1v) is 11.1. The molecule has 0 unspecified atom stereocenters. The van der Waals surface area contributed by atoms with Gasteiger partial charge in [-0.15, -0.1) is 0 Å². The van der Waals surface area contributed by atoms with Gasteiger partial charge in [0.05, 0.1) is 11.3 Å². The molecule has 5 rings (SSSR count). The number of carbonyl (C=O) groups is 3. The zero-order chi connectivity index (χ0) is 21.6. The molecular formula is C25H27N3O3. The van der Waals surface area contributed by atoms with E-state index in [0.717, 1.165) is 25.1 Å². The molecule has 2 aromatic rings. The zero-order valence-electron chi connectivity index (χ0n) is 17.8. The fraction of sp³-hybridized carbons (Fsp3) is 0.400. The molecule has 0 radical (unpaired) electrons. The molecule has 1 fully saturated rings. The number of amides is 3. The van der Waals surface area contributed by atoms with E-state index in [4.69, 9.17) is 0 Å². The van der Waals surface area contributed by atoms with Crippen molar-refractivity contribution in [2.24, 2.45) is 0 Å². The second-order valence-corrected chi connectivity index (χ2v) is 8.80. The van der Waals surface area contributed by atoms with Crippen molar-refractivity contribution in [1.29, 1.82) is 0 Å². The molecule has 31 heavy (non-hydrogen) atoms. The number of para-hydroxylation sites is 2. The monoisotopic (exact) mass is 417 g/mol. The maximum absolute atomic E-state index is 13.3. The van der Waals surface area contributed by atoms with E-state index in [-0.39, 0.29) is 17.7 Å². The highest BCUT2D eigenvalue weighted by Gasteiger charge is 2.52. The van der Waals surface area contributed by atoms with Gasteiger partial charge in [-0.2, -0.15) is 0 Å². The van der Waals surface area contributed by atoms with Crippen LogP contribution in [0.5, 0.6) is 0 Å². The Morgan fingerprint density at radius 1 is 1.00 bits per heavy atom. The summed E-state index contributed by atoms with van der Waals surface area (Å²) in [7, 11) is 0. The third-order valence-corrected chi connectivity index (χ3v) is 6.93. The third-order valence-electron chi connectivity index (χ3n) is 6.93. The highest BCUT2D eigenvalue weighted by molar-refractivity contribution is 6.10. The molecule has 6 heteroatoms. The van der Waals surface area contributed by atoms with E-state index in [1.807, 2.05) is 48.2 Å². The van der Waals surface area contributed by atoms with Gasteiger partial charge in [-0.1, -0.05) is 30.3 Å². The number of aryl methyl sites for hydroxylation is 1. The SMILES string of the molecule is C[C@]12CCC(=O)N1c1ccccc1C(=O)N2CCCC(=O)N1CCCc2ccccc21. The average molecular weight is 418 g/mol. The highest BCUT2D eigenvalue weighted by Crippen LogP contribution is 2.44. The molecule has 3 heterocycles. The first-order chi connectivity index (χ1) is 15.0. The highest BCUT2D eigenvalue weighted by atomic mass is 16.2. The summed E-state index contributed by atoms with van der Waals surface area (Å²) in [6, 6.07) is 15.4. The number of benzene rings is 2. The van der Waals surface area contributed by atoms with Crippen LogP contribution < -0.4 is 9.80 Å². The maximum atomic E-state index is 13.3. The molecule has 0 spiro atoms. The summed E-state index contributed by atoms with van der Waals surface area (Å²) in [6.07, 6.45) is 3.97. The molecule has 0 saturated carbocycles. The van der Waals surface area contributed by atoms with Gasteiger partial charge in [-0.05, 0) is 56.4 Å². The Kier molecular flexibility index (Phi) is 4.80. The molecule has 160 valence electrons. The summed E-state index contributed by atoms with van der Waals surface area (Å²) >= 11 is 0. The molecule has 6 nitrogen and oxygen atoms in total. The van der Waals surface area contributed by atoms with Crippen LogP contribution in [0, 0.1) is 0 Å². The Bertz CT molecular complexity index is 1070. The van der Waals surface area contributed by atoms with Gasteiger partial charge in [0, 0.05) is 31.6 Å². The summed E-state index contributed by atoms with van der Waals surface area (Å²) in [6.45, 7) is 3.16. The Balaban J connectivity index is 1.32. The van der Waals surface area contributed by atoms with Crippen molar-refractivity contribution in [3.63, 3.8) is 0 Å². The number of hydrogen-bond acceptors (Lipinski definition) is 3. The number of rotatable bonds is 4. The molecule has 3 aliphatic heterocycles. The number of carbonyl (C=O) groups excluding carboxylic acids is 3. The van der Waals surface area contributed by atoms with E-state index in [0.29, 0.717) is 43.5 Å². The third kappa shape index (κ3) is 3.12. The van der Waals surface area contributed by atoms with Gasteiger partial charge in [-0.25, -0.2) is 0 Å². The summed E-state index contributed by atoms with van der Waals surface area (Å²) in [4.78, 5) is 44.4. The topological polar surface area (TPSA) is 60.9 Å². The second-order valence-electron chi connectivity index (χ2n) is 8.80. The normalized spacial score (nSPS) is 22.3.